The standard InChI is InChI=1S/C11H12O3/c1-6-3-4-9-8(5-6)11(13)10(12)7(2)14-9/h3-5,7,10,12H,1-2H3/t7-,10+/m0/s1. The maximum atomic E-state index is 11.6. The summed E-state index contributed by atoms with van der Waals surface area (Å²) in [6.45, 7) is 3.59. The van der Waals surface area contributed by atoms with Gasteiger partial charge in [0.2, 0.25) is 0 Å². The van der Waals surface area contributed by atoms with Crippen LogP contribution in [0.3, 0.4) is 0 Å². The number of aliphatic hydroxyl groups excluding tert-OH is 1. The number of benzene rings is 1. The van der Waals surface area contributed by atoms with Gasteiger partial charge in [-0.05, 0) is 26.0 Å². The van der Waals surface area contributed by atoms with Crippen molar-refractivity contribution in [2.75, 3.05) is 0 Å². The molecule has 2 atom stereocenters. The predicted molar refractivity (Wildman–Crippen MR) is 51.6 cm³/mol. The molecule has 0 saturated carbocycles. The summed E-state index contributed by atoms with van der Waals surface area (Å²) < 4.78 is 5.40. The summed E-state index contributed by atoms with van der Waals surface area (Å²) in [5.74, 6) is 0.320. The number of fused-ring (bicyclic) bond motifs is 1. The lowest BCUT2D eigenvalue weighted by Gasteiger charge is -2.26. The summed E-state index contributed by atoms with van der Waals surface area (Å²) in [7, 11) is 0. The molecule has 0 radical (unpaired) electrons. The molecule has 0 amide bonds. The minimum atomic E-state index is -1.04. The lowest BCUT2D eigenvalue weighted by Crippen LogP contribution is -2.40. The Morgan fingerprint density at radius 3 is 2.86 bits per heavy atom. The summed E-state index contributed by atoms with van der Waals surface area (Å²) in [5, 5.41) is 9.51. The molecule has 74 valence electrons. The van der Waals surface area contributed by atoms with E-state index in [1.54, 1.807) is 19.1 Å². The molecule has 0 fully saturated rings. The van der Waals surface area contributed by atoms with Gasteiger partial charge < -0.3 is 9.84 Å². The normalized spacial score (nSPS) is 25.5. The number of Topliss-reactive ketones (excluding diaryl/α,β-unsaturated/α-hetero) is 1. The van der Waals surface area contributed by atoms with E-state index in [0.717, 1.165) is 5.56 Å². The Bertz CT molecular complexity index is 384. The van der Waals surface area contributed by atoms with Crippen LogP contribution in [-0.4, -0.2) is 23.1 Å². The maximum Gasteiger partial charge on any atom is 0.198 e. The zero-order valence-corrected chi connectivity index (χ0v) is 8.15. The molecule has 0 unspecified atom stereocenters. The zero-order valence-electron chi connectivity index (χ0n) is 8.15. The van der Waals surface area contributed by atoms with E-state index in [2.05, 4.69) is 0 Å². The quantitative estimate of drug-likeness (QED) is 0.674. The molecule has 0 saturated heterocycles. The number of hydrogen-bond donors (Lipinski definition) is 1. The van der Waals surface area contributed by atoms with E-state index in [0.29, 0.717) is 11.3 Å². The Morgan fingerprint density at radius 2 is 2.14 bits per heavy atom. The highest BCUT2D eigenvalue weighted by atomic mass is 16.5. The largest absolute Gasteiger partial charge is 0.487 e. The number of ether oxygens (including phenoxy) is 1. The van der Waals surface area contributed by atoms with Crippen LogP contribution in [0.1, 0.15) is 22.8 Å². The fourth-order valence-corrected chi connectivity index (χ4v) is 1.58. The first kappa shape index (κ1) is 9.21. The lowest BCUT2D eigenvalue weighted by atomic mass is 9.97. The highest BCUT2D eigenvalue weighted by Gasteiger charge is 2.32. The third kappa shape index (κ3) is 1.30. The van der Waals surface area contributed by atoms with Crippen LogP contribution in [0.15, 0.2) is 18.2 Å². The van der Waals surface area contributed by atoms with Gasteiger partial charge in [-0.2, -0.15) is 0 Å². The molecule has 2 rings (SSSR count). The van der Waals surface area contributed by atoms with E-state index in [1.165, 1.54) is 0 Å². The average Bonchev–Trinajstić information content (AvgIpc) is 2.16. The van der Waals surface area contributed by atoms with Crippen LogP contribution < -0.4 is 4.74 Å². The summed E-state index contributed by atoms with van der Waals surface area (Å²) >= 11 is 0. The van der Waals surface area contributed by atoms with Crippen LogP contribution in [0.25, 0.3) is 0 Å². The molecule has 3 nitrogen and oxygen atoms in total. The van der Waals surface area contributed by atoms with Crippen molar-refractivity contribution in [1.82, 2.24) is 0 Å². The van der Waals surface area contributed by atoms with Crippen LogP contribution in [0.5, 0.6) is 5.75 Å². The lowest BCUT2D eigenvalue weighted by molar-refractivity contribution is 0.0290. The Balaban J connectivity index is 2.51. The number of aryl methyl sites for hydroxylation is 1. The van der Waals surface area contributed by atoms with Crippen molar-refractivity contribution in [2.24, 2.45) is 0 Å². The van der Waals surface area contributed by atoms with Gasteiger partial charge in [0.1, 0.15) is 11.9 Å². The van der Waals surface area contributed by atoms with Gasteiger partial charge in [0, 0.05) is 0 Å². The van der Waals surface area contributed by atoms with Gasteiger partial charge in [0.25, 0.3) is 0 Å². The van der Waals surface area contributed by atoms with Crippen molar-refractivity contribution in [1.29, 1.82) is 0 Å². The monoisotopic (exact) mass is 192 g/mol. The minimum Gasteiger partial charge on any atom is -0.487 e. The van der Waals surface area contributed by atoms with E-state index < -0.39 is 12.2 Å². The first-order chi connectivity index (χ1) is 6.59. The van der Waals surface area contributed by atoms with Crippen LogP contribution in [0, 0.1) is 6.92 Å². The summed E-state index contributed by atoms with van der Waals surface area (Å²) in [6, 6.07) is 5.40. The van der Waals surface area contributed by atoms with E-state index in [9.17, 15) is 9.90 Å². The van der Waals surface area contributed by atoms with Crippen molar-refractivity contribution >= 4 is 5.78 Å². The Hall–Kier alpha value is -1.35. The van der Waals surface area contributed by atoms with Gasteiger partial charge in [0.05, 0.1) is 5.56 Å². The third-order valence-electron chi connectivity index (χ3n) is 2.43. The van der Waals surface area contributed by atoms with Crippen LogP contribution in [0.4, 0.5) is 0 Å². The second-order valence-corrected chi connectivity index (χ2v) is 3.63. The van der Waals surface area contributed by atoms with Crippen molar-refractivity contribution in [3.8, 4) is 5.75 Å². The molecule has 1 N–H and O–H groups in total. The molecule has 14 heavy (non-hydrogen) atoms. The van der Waals surface area contributed by atoms with Gasteiger partial charge in [-0.1, -0.05) is 11.6 Å². The molecule has 1 aromatic carbocycles. The number of hydrogen-bond acceptors (Lipinski definition) is 3. The van der Waals surface area contributed by atoms with Gasteiger partial charge in [-0.25, -0.2) is 0 Å². The smallest absolute Gasteiger partial charge is 0.198 e. The SMILES string of the molecule is Cc1ccc2c(c1)C(=O)[C@H](O)[C@H](C)O2. The van der Waals surface area contributed by atoms with Crippen molar-refractivity contribution in [3.05, 3.63) is 29.3 Å². The van der Waals surface area contributed by atoms with Crippen LogP contribution in [0.2, 0.25) is 0 Å². The highest BCUT2D eigenvalue weighted by molar-refractivity contribution is 6.03. The molecular weight excluding hydrogens is 180 g/mol. The molecule has 1 aliphatic rings. The van der Waals surface area contributed by atoms with E-state index in [1.807, 2.05) is 13.0 Å². The van der Waals surface area contributed by atoms with Gasteiger partial charge >= 0.3 is 0 Å². The first-order valence-electron chi connectivity index (χ1n) is 4.59. The molecule has 0 aliphatic carbocycles. The van der Waals surface area contributed by atoms with Gasteiger partial charge in [-0.3, -0.25) is 4.79 Å². The maximum absolute atomic E-state index is 11.6. The molecule has 0 bridgehead atoms. The minimum absolute atomic E-state index is 0.248. The molecule has 1 heterocycles. The summed E-state index contributed by atoms with van der Waals surface area (Å²) in [4.78, 5) is 11.6. The van der Waals surface area contributed by atoms with E-state index in [-0.39, 0.29) is 5.78 Å². The Morgan fingerprint density at radius 1 is 1.43 bits per heavy atom. The predicted octanol–water partition coefficient (Wildman–Crippen LogP) is 1.32. The summed E-state index contributed by atoms with van der Waals surface area (Å²) in [5.41, 5.74) is 1.47. The average molecular weight is 192 g/mol. The number of carbonyl (C=O) groups is 1. The fraction of sp³-hybridized carbons (Fsp3) is 0.364. The number of aliphatic hydroxyl groups is 1. The van der Waals surface area contributed by atoms with E-state index in [4.69, 9.17) is 4.74 Å². The molecule has 0 aromatic heterocycles. The van der Waals surface area contributed by atoms with Crippen molar-refractivity contribution in [3.63, 3.8) is 0 Å². The summed E-state index contributed by atoms with van der Waals surface area (Å²) in [6.07, 6.45) is -1.50. The number of carbonyl (C=O) groups excluding carboxylic acids is 1. The Kier molecular flexibility index (Phi) is 2.04. The zero-order chi connectivity index (χ0) is 10.3. The number of rotatable bonds is 0. The highest BCUT2D eigenvalue weighted by Crippen LogP contribution is 2.28. The van der Waals surface area contributed by atoms with Gasteiger partial charge in [-0.15, -0.1) is 0 Å². The Labute approximate surface area is 82.3 Å². The molecule has 1 aromatic rings. The van der Waals surface area contributed by atoms with E-state index >= 15 is 0 Å². The first-order valence-corrected chi connectivity index (χ1v) is 4.59. The molecular formula is C11H12O3. The second kappa shape index (κ2) is 3.10. The topological polar surface area (TPSA) is 46.5 Å². The second-order valence-electron chi connectivity index (χ2n) is 3.63. The van der Waals surface area contributed by atoms with Crippen molar-refractivity contribution < 1.29 is 14.6 Å². The molecule has 0 spiro atoms. The van der Waals surface area contributed by atoms with Crippen LogP contribution in [-0.2, 0) is 0 Å². The number of ketones is 1. The van der Waals surface area contributed by atoms with Gasteiger partial charge in [0.15, 0.2) is 11.9 Å². The van der Waals surface area contributed by atoms with Crippen LogP contribution >= 0.6 is 0 Å². The fourth-order valence-electron chi connectivity index (χ4n) is 1.58. The third-order valence-corrected chi connectivity index (χ3v) is 2.43. The van der Waals surface area contributed by atoms with Crippen molar-refractivity contribution in [2.45, 2.75) is 26.1 Å². The molecule has 1 aliphatic heterocycles. The molecule has 3 heteroatoms.